The van der Waals surface area contributed by atoms with E-state index in [0.717, 1.165) is 12.8 Å². The van der Waals surface area contributed by atoms with Crippen molar-refractivity contribution in [3.05, 3.63) is 35.7 Å². The summed E-state index contributed by atoms with van der Waals surface area (Å²) < 4.78 is 17.1. The Labute approximate surface area is 175 Å². The Morgan fingerprint density at radius 1 is 1.17 bits per heavy atom. The molecule has 3 rings (SSSR count). The standard InChI is InChI=1S/C20H27N5O5/c1-28-8-6-21-19(26)18-13-24(23-22-18)12-15-5-4-7-25(15)20(27)14-9-16(29-2)11-17(10-14)30-3/h9-11,13,15H,4-8,12H2,1-3H3,(H,21,26). The van der Waals surface area contributed by atoms with Crippen molar-refractivity contribution in [2.75, 3.05) is 41.0 Å². The van der Waals surface area contributed by atoms with Gasteiger partial charge in [0.2, 0.25) is 0 Å². The number of carbonyl (C=O) groups is 2. The van der Waals surface area contributed by atoms with Crippen LogP contribution in [0, 0.1) is 0 Å². The lowest BCUT2D eigenvalue weighted by molar-refractivity contribution is 0.0720. The van der Waals surface area contributed by atoms with E-state index < -0.39 is 0 Å². The third kappa shape index (κ3) is 5.07. The molecule has 1 fully saturated rings. The third-order valence-electron chi connectivity index (χ3n) is 5.00. The molecular weight excluding hydrogens is 390 g/mol. The summed E-state index contributed by atoms with van der Waals surface area (Å²) in [6.45, 7) is 1.94. The lowest BCUT2D eigenvalue weighted by Crippen LogP contribution is -2.38. The number of carbonyl (C=O) groups excluding carboxylic acids is 2. The minimum absolute atomic E-state index is 0.0409. The van der Waals surface area contributed by atoms with Crippen molar-refractivity contribution >= 4 is 11.8 Å². The van der Waals surface area contributed by atoms with Crippen LogP contribution in [-0.4, -0.2) is 78.8 Å². The number of methoxy groups -OCH3 is 3. The Bertz CT molecular complexity index is 862. The van der Waals surface area contributed by atoms with Gasteiger partial charge in [-0.3, -0.25) is 9.59 Å². The molecule has 10 nitrogen and oxygen atoms in total. The summed E-state index contributed by atoms with van der Waals surface area (Å²) in [5.74, 6) is 0.733. The Kier molecular flexibility index (Phi) is 7.23. The minimum atomic E-state index is -0.305. The molecule has 162 valence electrons. The second-order valence-electron chi connectivity index (χ2n) is 6.97. The first-order valence-corrected chi connectivity index (χ1v) is 9.77. The van der Waals surface area contributed by atoms with Crippen LogP contribution >= 0.6 is 0 Å². The van der Waals surface area contributed by atoms with Crippen molar-refractivity contribution in [2.24, 2.45) is 0 Å². The van der Waals surface area contributed by atoms with Crippen molar-refractivity contribution < 1.29 is 23.8 Å². The second kappa shape index (κ2) is 10.1. The molecule has 2 aromatic rings. The minimum Gasteiger partial charge on any atom is -0.497 e. The molecule has 0 bridgehead atoms. The van der Waals surface area contributed by atoms with Crippen molar-refractivity contribution in [3.63, 3.8) is 0 Å². The van der Waals surface area contributed by atoms with Crippen LogP contribution < -0.4 is 14.8 Å². The summed E-state index contributed by atoms with van der Waals surface area (Å²) >= 11 is 0. The van der Waals surface area contributed by atoms with Crippen LogP contribution in [0.1, 0.15) is 33.7 Å². The topological polar surface area (TPSA) is 108 Å². The van der Waals surface area contributed by atoms with E-state index in [1.165, 1.54) is 0 Å². The zero-order valence-corrected chi connectivity index (χ0v) is 17.5. The summed E-state index contributed by atoms with van der Waals surface area (Å²) in [5, 5.41) is 10.7. The van der Waals surface area contributed by atoms with E-state index in [9.17, 15) is 9.59 Å². The molecule has 1 aliphatic heterocycles. The van der Waals surface area contributed by atoms with Gasteiger partial charge in [-0.25, -0.2) is 4.68 Å². The van der Waals surface area contributed by atoms with Crippen LogP contribution in [0.25, 0.3) is 0 Å². The van der Waals surface area contributed by atoms with Crippen molar-refractivity contribution in [3.8, 4) is 11.5 Å². The van der Waals surface area contributed by atoms with E-state index in [-0.39, 0.29) is 23.6 Å². The Morgan fingerprint density at radius 3 is 2.57 bits per heavy atom. The third-order valence-corrected chi connectivity index (χ3v) is 5.00. The Hall–Kier alpha value is -3.14. The van der Waals surface area contributed by atoms with E-state index in [0.29, 0.717) is 43.3 Å². The Morgan fingerprint density at radius 2 is 1.90 bits per heavy atom. The molecule has 1 N–H and O–H groups in total. The van der Waals surface area contributed by atoms with Crippen LogP contribution in [0.3, 0.4) is 0 Å². The quantitative estimate of drug-likeness (QED) is 0.606. The number of nitrogens with one attached hydrogen (secondary N) is 1. The van der Waals surface area contributed by atoms with Gasteiger partial charge in [-0.2, -0.15) is 0 Å². The number of likely N-dealkylation sites (tertiary alicyclic amines) is 1. The van der Waals surface area contributed by atoms with E-state index >= 15 is 0 Å². The molecule has 0 aliphatic carbocycles. The molecule has 1 atom stereocenters. The molecule has 2 amide bonds. The first-order chi connectivity index (χ1) is 14.5. The highest BCUT2D eigenvalue weighted by molar-refractivity contribution is 5.95. The maximum Gasteiger partial charge on any atom is 0.273 e. The van der Waals surface area contributed by atoms with Crippen molar-refractivity contribution in [2.45, 2.75) is 25.4 Å². The van der Waals surface area contributed by atoms with E-state index in [1.807, 2.05) is 4.90 Å². The predicted molar refractivity (Wildman–Crippen MR) is 108 cm³/mol. The normalized spacial score (nSPS) is 15.8. The first kappa shape index (κ1) is 21.6. The number of ether oxygens (including phenoxy) is 3. The van der Waals surface area contributed by atoms with Gasteiger partial charge in [0.25, 0.3) is 11.8 Å². The largest absolute Gasteiger partial charge is 0.497 e. The average Bonchev–Trinajstić information content (AvgIpc) is 3.43. The van der Waals surface area contributed by atoms with Gasteiger partial charge < -0.3 is 24.4 Å². The van der Waals surface area contributed by atoms with Gasteiger partial charge in [0, 0.05) is 31.8 Å². The number of hydrogen-bond donors (Lipinski definition) is 1. The summed E-state index contributed by atoms with van der Waals surface area (Å²) in [4.78, 5) is 27.0. The van der Waals surface area contributed by atoms with Gasteiger partial charge in [0.1, 0.15) is 11.5 Å². The molecule has 0 spiro atoms. The molecule has 1 aromatic carbocycles. The van der Waals surface area contributed by atoms with E-state index in [4.69, 9.17) is 14.2 Å². The lowest BCUT2D eigenvalue weighted by Gasteiger charge is -2.25. The van der Waals surface area contributed by atoms with Gasteiger partial charge in [-0.1, -0.05) is 5.21 Å². The van der Waals surface area contributed by atoms with Crippen molar-refractivity contribution in [1.82, 2.24) is 25.2 Å². The van der Waals surface area contributed by atoms with Gasteiger partial charge in [0.05, 0.1) is 39.6 Å². The summed E-state index contributed by atoms with van der Waals surface area (Å²) in [5.41, 5.74) is 0.745. The number of nitrogens with zero attached hydrogens (tertiary/aromatic N) is 4. The fourth-order valence-corrected chi connectivity index (χ4v) is 3.45. The maximum atomic E-state index is 13.1. The summed E-state index contributed by atoms with van der Waals surface area (Å²) in [7, 11) is 4.67. The summed E-state index contributed by atoms with van der Waals surface area (Å²) in [6, 6.07) is 5.10. The number of benzene rings is 1. The number of hydrogen-bond acceptors (Lipinski definition) is 7. The predicted octanol–water partition coefficient (Wildman–Crippen LogP) is 0.976. The molecule has 0 saturated carbocycles. The van der Waals surface area contributed by atoms with E-state index in [1.54, 1.807) is 50.4 Å². The van der Waals surface area contributed by atoms with Crippen LogP contribution in [0.5, 0.6) is 11.5 Å². The fourth-order valence-electron chi connectivity index (χ4n) is 3.45. The monoisotopic (exact) mass is 417 g/mol. The molecular formula is C20H27N5O5. The molecule has 1 aromatic heterocycles. The molecule has 2 heterocycles. The molecule has 1 unspecified atom stereocenters. The van der Waals surface area contributed by atoms with Crippen molar-refractivity contribution in [1.29, 1.82) is 0 Å². The first-order valence-electron chi connectivity index (χ1n) is 9.77. The summed E-state index contributed by atoms with van der Waals surface area (Å²) in [6.07, 6.45) is 3.34. The number of rotatable bonds is 9. The molecule has 30 heavy (non-hydrogen) atoms. The maximum absolute atomic E-state index is 13.1. The van der Waals surface area contributed by atoms with E-state index in [2.05, 4.69) is 15.6 Å². The lowest BCUT2D eigenvalue weighted by atomic mass is 10.1. The van der Waals surface area contributed by atoms with Crippen LogP contribution in [0.15, 0.2) is 24.4 Å². The van der Waals surface area contributed by atoms with Gasteiger partial charge in [-0.15, -0.1) is 5.10 Å². The van der Waals surface area contributed by atoms with Crippen LogP contribution in [0.4, 0.5) is 0 Å². The smallest absolute Gasteiger partial charge is 0.273 e. The fraction of sp³-hybridized carbons (Fsp3) is 0.500. The highest BCUT2D eigenvalue weighted by Crippen LogP contribution is 2.27. The van der Waals surface area contributed by atoms with Crippen LogP contribution in [0.2, 0.25) is 0 Å². The molecule has 1 aliphatic rings. The highest BCUT2D eigenvalue weighted by atomic mass is 16.5. The van der Waals surface area contributed by atoms with Gasteiger partial charge in [0.15, 0.2) is 5.69 Å². The Balaban J connectivity index is 1.68. The highest BCUT2D eigenvalue weighted by Gasteiger charge is 2.30. The molecule has 1 saturated heterocycles. The zero-order valence-electron chi connectivity index (χ0n) is 17.5. The molecule has 0 radical (unpaired) electrons. The van der Waals surface area contributed by atoms with Crippen LogP contribution in [-0.2, 0) is 11.3 Å². The number of aromatic nitrogens is 3. The average molecular weight is 417 g/mol. The molecule has 10 heteroatoms. The zero-order chi connectivity index (χ0) is 21.5. The SMILES string of the molecule is COCCNC(=O)c1cn(CC2CCCN2C(=O)c2cc(OC)cc(OC)c2)nn1. The number of amides is 2. The second-order valence-corrected chi connectivity index (χ2v) is 6.97. The van der Waals surface area contributed by atoms with Gasteiger partial charge >= 0.3 is 0 Å². The van der Waals surface area contributed by atoms with Gasteiger partial charge in [-0.05, 0) is 25.0 Å².